The number of aromatic nitrogens is 1. The van der Waals surface area contributed by atoms with Gasteiger partial charge in [0.2, 0.25) is 5.91 Å². The van der Waals surface area contributed by atoms with E-state index in [0.717, 1.165) is 23.5 Å². The fourth-order valence-corrected chi connectivity index (χ4v) is 2.96. The molecule has 1 aromatic carbocycles. The Hall–Kier alpha value is -2.76. The highest BCUT2D eigenvalue weighted by Crippen LogP contribution is 2.35. The Kier molecular flexibility index (Phi) is 5.38. The summed E-state index contributed by atoms with van der Waals surface area (Å²) < 4.78 is 12.7. The van der Waals surface area contributed by atoms with Crippen molar-refractivity contribution in [2.75, 3.05) is 20.3 Å². The normalized spacial score (nSPS) is 15.8. The maximum Gasteiger partial charge on any atom is 0.250 e. The average molecular weight is 342 g/mol. The Labute approximate surface area is 146 Å². The first-order chi connectivity index (χ1) is 12.2. The van der Waals surface area contributed by atoms with Crippen LogP contribution in [0.4, 0.5) is 0 Å². The Morgan fingerprint density at radius 1 is 1.32 bits per heavy atom. The number of amides is 1. The number of aryl methyl sites for hydroxylation is 1. The number of methoxy groups -OCH3 is 1. The van der Waals surface area contributed by atoms with E-state index in [4.69, 9.17) is 9.47 Å². The van der Waals surface area contributed by atoms with Crippen LogP contribution < -0.4 is 20.3 Å². The minimum atomic E-state index is -0.0958. The number of ether oxygens (including phenoxy) is 2. The molecule has 0 aliphatic carbocycles. The molecular weight excluding hydrogens is 320 g/mol. The number of para-hydroxylation sites is 1. The lowest BCUT2D eigenvalue weighted by Crippen LogP contribution is -2.35. The maximum absolute atomic E-state index is 12.0. The van der Waals surface area contributed by atoms with E-state index in [1.807, 2.05) is 18.2 Å². The molecular formula is C19H22N2O4. The maximum atomic E-state index is 12.0. The Morgan fingerprint density at radius 3 is 3.00 bits per heavy atom. The lowest BCUT2D eigenvalue weighted by atomic mass is 9.96. The molecule has 1 aromatic heterocycles. The molecule has 1 aliphatic heterocycles. The molecule has 0 radical (unpaired) electrons. The van der Waals surface area contributed by atoms with Gasteiger partial charge in [0.25, 0.3) is 5.56 Å². The first kappa shape index (κ1) is 17.1. The van der Waals surface area contributed by atoms with E-state index in [1.165, 1.54) is 10.6 Å². The number of pyridine rings is 1. The number of benzene rings is 1. The van der Waals surface area contributed by atoms with E-state index in [1.54, 1.807) is 25.4 Å². The molecule has 2 aromatic rings. The van der Waals surface area contributed by atoms with Gasteiger partial charge >= 0.3 is 0 Å². The van der Waals surface area contributed by atoms with E-state index in [-0.39, 0.29) is 23.8 Å². The van der Waals surface area contributed by atoms with Gasteiger partial charge in [-0.15, -0.1) is 0 Å². The Balaban J connectivity index is 1.48. The summed E-state index contributed by atoms with van der Waals surface area (Å²) in [6.07, 6.45) is 2.81. The lowest BCUT2D eigenvalue weighted by Gasteiger charge is -2.26. The quantitative estimate of drug-likeness (QED) is 0.866. The number of hydrogen-bond donors (Lipinski definition) is 1. The van der Waals surface area contributed by atoms with Gasteiger partial charge in [0.1, 0.15) is 0 Å². The van der Waals surface area contributed by atoms with Gasteiger partial charge in [-0.3, -0.25) is 9.59 Å². The largest absolute Gasteiger partial charge is 0.493 e. The Bertz CT molecular complexity index is 800. The second-order valence-corrected chi connectivity index (χ2v) is 6.12. The van der Waals surface area contributed by atoms with E-state index >= 15 is 0 Å². The number of rotatable bonds is 6. The molecule has 6 nitrogen and oxygen atoms in total. The third-order valence-corrected chi connectivity index (χ3v) is 4.32. The van der Waals surface area contributed by atoms with Crippen molar-refractivity contribution in [2.45, 2.75) is 19.4 Å². The zero-order valence-electron chi connectivity index (χ0n) is 14.2. The topological polar surface area (TPSA) is 69.6 Å². The van der Waals surface area contributed by atoms with Gasteiger partial charge in [0, 0.05) is 37.7 Å². The minimum absolute atomic E-state index is 0.0628. The summed E-state index contributed by atoms with van der Waals surface area (Å²) in [6.45, 7) is 1.48. The van der Waals surface area contributed by atoms with E-state index < -0.39 is 0 Å². The summed E-state index contributed by atoms with van der Waals surface area (Å²) in [6, 6.07) is 10.8. The lowest BCUT2D eigenvalue weighted by molar-refractivity contribution is -0.121. The van der Waals surface area contributed by atoms with E-state index in [0.29, 0.717) is 19.7 Å². The predicted molar refractivity (Wildman–Crippen MR) is 94.0 cm³/mol. The van der Waals surface area contributed by atoms with E-state index in [2.05, 4.69) is 5.32 Å². The average Bonchev–Trinajstić information content (AvgIpc) is 2.65. The highest BCUT2D eigenvalue weighted by atomic mass is 16.5. The molecule has 3 rings (SSSR count). The van der Waals surface area contributed by atoms with Crippen LogP contribution in [0.3, 0.4) is 0 Å². The van der Waals surface area contributed by atoms with Crippen molar-refractivity contribution in [3.63, 3.8) is 0 Å². The van der Waals surface area contributed by atoms with Crippen LogP contribution >= 0.6 is 0 Å². The van der Waals surface area contributed by atoms with Gasteiger partial charge < -0.3 is 19.4 Å². The fourth-order valence-electron chi connectivity index (χ4n) is 2.96. The van der Waals surface area contributed by atoms with E-state index in [9.17, 15) is 9.59 Å². The fraction of sp³-hybridized carbons (Fsp3) is 0.368. The molecule has 25 heavy (non-hydrogen) atoms. The number of hydrogen-bond acceptors (Lipinski definition) is 4. The molecule has 1 amide bonds. The minimum Gasteiger partial charge on any atom is -0.493 e. The number of carbonyl (C=O) groups excluding carboxylic acids is 1. The molecule has 1 aliphatic rings. The molecule has 1 N–H and O–H groups in total. The van der Waals surface area contributed by atoms with Crippen molar-refractivity contribution in [3.05, 3.63) is 58.5 Å². The summed E-state index contributed by atoms with van der Waals surface area (Å²) >= 11 is 0. The van der Waals surface area contributed by atoms with Crippen molar-refractivity contribution >= 4 is 5.91 Å². The van der Waals surface area contributed by atoms with Crippen LogP contribution in [0.25, 0.3) is 0 Å². The molecule has 1 atom stereocenters. The van der Waals surface area contributed by atoms with Crippen molar-refractivity contribution < 1.29 is 14.3 Å². The van der Waals surface area contributed by atoms with Crippen LogP contribution in [0, 0.1) is 5.92 Å². The summed E-state index contributed by atoms with van der Waals surface area (Å²) in [5, 5.41) is 2.94. The molecule has 2 heterocycles. The molecule has 0 saturated heterocycles. The number of carbonyl (C=O) groups is 1. The summed E-state index contributed by atoms with van der Waals surface area (Å²) in [5.74, 6) is 1.71. The second-order valence-electron chi connectivity index (χ2n) is 6.12. The van der Waals surface area contributed by atoms with Crippen molar-refractivity contribution in [1.29, 1.82) is 0 Å². The first-order valence-corrected chi connectivity index (χ1v) is 8.38. The summed E-state index contributed by atoms with van der Waals surface area (Å²) in [7, 11) is 1.63. The second kappa shape index (κ2) is 7.88. The highest BCUT2D eigenvalue weighted by Gasteiger charge is 2.22. The number of fused-ring (bicyclic) bond motifs is 1. The van der Waals surface area contributed by atoms with Crippen molar-refractivity contribution in [2.24, 2.45) is 5.92 Å². The molecule has 6 heteroatoms. The SMILES string of the molecule is COc1cccc2c1OC[C@H](CNC(=O)CCn1ccccc1=O)C2. The smallest absolute Gasteiger partial charge is 0.250 e. The summed E-state index contributed by atoms with van der Waals surface area (Å²) in [4.78, 5) is 23.6. The van der Waals surface area contributed by atoms with Gasteiger partial charge in [-0.1, -0.05) is 18.2 Å². The van der Waals surface area contributed by atoms with Gasteiger partial charge in [-0.05, 0) is 24.1 Å². The summed E-state index contributed by atoms with van der Waals surface area (Å²) in [5.41, 5.74) is 1.00. The first-order valence-electron chi connectivity index (χ1n) is 8.38. The molecule has 132 valence electrons. The third kappa shape index (κ3) is 4.21. The standard InChI is InChI=1S/C19H22N2O4/c1-24-16-6-4-5-15-11-14(13-25-19(15)16)12-20-17(22)8-10-21-9-3-2-7-18(21)23/h2-7,9,14H,8,10-13H2,1H3,(H,20,22)/t14-/m0/s1. The Morgan fingerprint density at radius 2 is 2.20 bits per heavy atom. The predicted octanol–water partition coefficient (Wildman–Crippen LogP) is 1.61. The molecule has 0 bridgehead atoms. The van der Waals surface area contributed by atoms with Crippen molar-refractivity contribution in [1.82, 2.24) is 9.88 Å². The zero-order chi connectivity index (χ0) is 17.6. The van der Waals surface area contributed by atoms with Crippen molar-refractivity contribution in [3.8, 4) is 11.5 Å². The van der Waals surface area contributed by atoms with Crippen LogP contribution in [0.2, 0.25) is 0 Å². The third-order valence-electron chi connectivity index (χ3n) is 4.32. The van der Waals surface area contributed by atoms with Gasteiger partial charge in [0.15, 0.2) is 11.5 Å². The van der Waals surface area contributed by atoms with Crippen LogP contribution in [0.1, 0.15) is 12.0 Å². The number of nitrogens with one attached hydrogen (secondary N) is 1. The van der Waals surface area contributed by atoms with Crippen LogP contribution in [-0.2, 0) is 17.8 Å². The van der Waals surface area contributed by atoms with Gasteiger partial charge in [0.05, 0.1) is 13.7 Å². The van der Waals surface area contributed by atoms with Gasteiger partial charge in [-0.2, -0.15) is 0 Å². The molecule has 0 unspecified atom stereocenters. The van der Waals surface area contributed by atoms with Crippen LogP contribution in [0.5, 0.6) is 11.5 Å². The monoisotopic (exact) mass is 342 g/mol. The van der Waals surface area contributed by atoms with Gasteiger partial charge in [-0.25, -0.2) is 0 Å². The zero-order valence-corrected chi connectivity index (χ0v) is 14.2. The number of nitrogens with zero attached hydrogens (tertiary/aromatic N) is 1. The molecule has 0 spiro atoms. The highest BCUT2D eigenvalue weighted by molar-refractivity contribution is 5.75. The van der Waals surface area contributed by atoms with Crippen LogP contribution in [0.15, 0.2) is 47.4 Å². The van der Waals surface area contributed by atoms with Crippen LogP contribution in [-0.4, -0.2) is 30.7 Å². The molecule has 0 saturated carbocycles. The molecule has 0 fully saturated rings.